The average molecular weight is 288 g/mol. The summed E-state index contributed by atoms with van der Waals surface area (Å²) in [5, 5.41) is 10.8. The molecule has 1 saturated heterocycles. The third-order valence-electron chi connectivity index (χ3n) is 3.06. The van der Waals surface area contributed by atoms with E-state index in [0.29, 0.717) is 25.4 Å². The van der Waals surface area contributed by atoms with Gasteiger partial charge in [0.2, 0.25) is 5.75 Å². The number of morpholine rings is 1. The van der Waals surface area contributed by atoms with E-state index in [1.54, 1.807) is 0 Å². The SMILES string of the molecule is C[C@@H]1COCCN1c1ccc([N+](=O)[O-])c(OC(F)F)c1. The Balaban J connectivity index is 2.33. The van der Waals surface area contributed by atoms with Gasteiger partial charge in [-0.1, -0.05) is 0 Å². The summed E-state index contributed by atoms with van der Waals surface area (Å²) in [5.41, 5.74) is 0.122. The first kappa shape index (κ1) is 14.4. The summed E-state index contributed by atoms with van der Waals surface area (Å²) in [6.45, 7) is 0.446. The van der Waals surface area contributed by atoms with Crippen molar-refractivity contribution in [1.29, 1.82) is 0 Å². The molecule has 0 unspecified atom stereocenters. The number of benzene rings is 1. The number of nitrogens with zero attached hydrogens (tertiary/aromatic N) is 2. The molecule has 1 aliphatic rings. The summed E-state index contributed by atoms with van der Waals surface area (Å²) < 4.78 is 34.2. The average Bonchev–Trinajstić information content (AvgIpc) is 2.38. The lowest BCUT2D eigenvalue weighted by molar-refractivity contribution is -0.386. The van der Waals surface area contributed by atoms with Gasteiger partial charge in [-0.15, -0.1) is 0 Å². The Bertz CT molecular complexity index is 498. The van der Waals surface area contributed by atoms with E-state index in [-0.39, 0.29) is 6.04 Å². The molecule has 20 heavy (non-hydrogen) atoms. The van der Waals surface area contributed by atoms with Gasteiger partial charge in [-0.3, -0.25) is 10.1 Å². The van der Waals surface area contributed by atoms with Gasteiger partial charge < -0.3 is 14.4 Å². The van der Waals surface area contributed by atoms with Crippen molar-refractivity contribution in [1.82, 2.24) is 0 Å². The van der Waals surface area contributed by atoms with Gasteiger partial charge in [0.05, 0.1) is 18.1 Å². The van der Waals surface area contributed by atoms with Gasteiger partial charge in [-0.25, -0.2) is 0 Å². The molecule has 0 saturated carbocycles. The second-order valence-electron chi connectivity index (χ2n) is 4.40. The summed E-state index contributed by atoms with van der Waals surface area (Å²) in [4.78, 5) is 12.0. The maximum Gasteiger partial charge on any atom is 0.387 e. The molecule has 0 radical (unpaired) electrons. The van der Waals surface area contributed by atoms with Crippen molar-refractivity contribution in [2.24, 2.45) is 0 Å². The highest BCUT2D eigenvalue weighted by molar-refractivity contribution is 5.59. The summed E-state index contributed by atoms with van der Waals surface area (Å²) in [7, 11) is 0. The van der Waals surface area contributed by atoms with Crippen LogP contribution in [0.15, 0.2) is 18.2 Å². The first-order valence-corrected chi connectivity index (χ1v) is 6.06. The molecule has 0 N–H and O–H groups in total. The van der Waals surface area contributed by atoms with Crippen LogP contribution in [0.5, 0.6) is 5.75 Å². The Hall–Kier alpha value is -1.96. The lowest BCUT2D eigenvalue weighted by atomic mass is 10.2. The molecule has 1 aromatic carbocycles. The van der Waals surface area contributed by atoms with Gasteiger partial charge in [0.25, 0.3) is 0 Å². The van der Waals surface area contributed by atoms with E-state index in [1.165, 1.54) is 18.2 Å². The van der Waals surface area contributed by atoms with E-state index in [4.69, 9.17) is 4.74 Å². The third-order valence-corrected chi connectivity index (χ3v) is 3.06. The molecule has 1 fully saturated rings. The molecule has 0 amide bonds. The van der Waals surface area contributed by atoms with E-state index in [9.17, 15) is 18.9 Å². The Morgan fingerprint density at radius 3 is 2.90 bits per heavy atom. The maximum absolute atomic E-state index is 12.3. The molecule has 6 nitrogen and oxygen atoms in total. The molecule has 2 rings (SSSR count). The van der Waals surface area contributed by atoms with E-state index in [2.05, 4.69) is 4.74 Å². The minimum atomic E-state index is -3.11. The number of nitro groups is 1. The lowest BCUT2D eigenvalue weighted by Crippen LogP contribution is -2.43. The monoisotopic (exact) mass is 288 g/mol. The normalized spacial score (nSPS) is 19.2. The number of anilines is 1. The molecule has 0 aromatic heterocycles. The lowest BCUT2D eigenvalue weighted by Gasteiger charge is -2.35. The molecule has 0 aliphatic carbocycles. The highest BCUT2D eigenvalue weighted by Gasteiger charge is 2.24. The van der Waals surface area contributed by atoms with Crippen molar-refractivity contribution in [2.75, 3.05) is 24.7 Å². The third kappa shape index (κ3) is 3.13. The fraction of sp³-hybridized carbons (Fsp3) is 0.500. The van der Waals surface area contributed by atoms with Gasteiger partial charge in [-0.05, 0) is 13.0 Å². The van der Waals surface area contributed by atoms with Crippen LogP contribution in [0.2, 0.25) is 0 Å². The molecule has 1 aliphatic heterocycles. The Morgan fingerprint density at radius 1 is 1.55 bits per heavy atom. The van der Waals surface area contributed by atoms with Gasteiger partial charge in [-0.2, -0.15) is 8.78 Å². The molecular formula is C12H14F2N2O4. The highest BCUT2D eigenvalue weighted by atomic mass is 19.3. The van der Waals surface area contributed by atoms with Crippen LogP contribution in [0, 0.1) is 10.1 Å². The predicted octanol–water partition coefficient (Wildman–Crippen LogP) is 2.42. The molecule has 8 heteroatoms. The largest absolute Gasteiger partial charge is 0.427 e. The summed E-state index contributed by atoms with van der Waals surface area (Å²) in [6, 6.07) is 4.03. The van der Waals surface area contributed by atoms with Crippen LogP contribution in [0.4, 0.5) is 20.2 Å². The summed E-state index contributed by atoms with van der Waals surface area (Å²) in [5.74, 6) is -0.429. The number of nitro benzene ring substituents is 1. The zero-order chi connectivity index (χ0) is 14.7. The van der Waals surface area contributed by atoms with Gasteiger partial charge >= 0.3 is 12.3 Å². The van der Waals surface area contributed by atoms with Gasteiger partial charge in [0.15, 0.2) is 0 Å². The zero-order valence-corrected chi connectivity index (χ0v) is 10.8. The van der Waals surface area contributed by atoms with Crippen LogP contribution < -0.4 is 9.64 Å². The Labute approximate surface area is 114 Å². The molecular weight excluding hydrogens is 274 g/mol. The predicted molar refractivity (Wildman–Crippen MR) is 67.4 cm³/mol. The first-order valence-electron chi connectivity index (χ1n) is 6.06. The quantitative estimate of drug-likeness (QED) is 0.629. The van der Waals surface area contributed by atoms with Gasteiger partial charge in [0.1, 0.15) is 0 Å². The standard InChI is InChI=1S/C12H14F2N2O4/c1-8-7-19-5-4-15(8)9-2-3-10(16(17)18)11(6-9)20-12(13)14/h2-3,6,8,12H,4-5,7H2,1H3/t8-/m1/s1. The molecule has 1 atom stereocenters. The number of hydrogen-bond acceptors (Lipinski definition) is 5. The maximum atomic E-state index is 12.3. The van der Waals surface area contributed by atoms with Crippen LogP contribution >= 0.6 is 0 Å². The Morgan fingerprint density at radius 2 is 2.30 bits per heavy atom. The summed E-state index contributed by atoms with van der Waals surface area (Å²) >= 11 is 0. The minimum absolute atomic E-state index is 0.0598. The molecule has 110 valence electrons. The van der Waals surface area contributed by atoms with Crippen LogP contribution in [0.25, 0.3) is 0 Å². The van der Waals surface area contributed by atoms with Crippen molar-refractivity contribution < 1.29 is 23.2 Å². The molecule has 0 bridgehead atoms. The van der Waals surface area contributed by atoms with Crippen LogP contribution in [-0.2, 0) is 4.74 Å². The molecule has 0 spiro atoms. The van der Waals surface area contributed by atoms with Crippen molar-refractivity contribution in [3.8, 4) is 5.75 Å². The van der Waals surface area contributed by atoms with Crippen molar-refractivity contribution >= 4 is 11.4 Å². The Kier molecular flexibility index (Phi) is 4.33. The molecule has 1 heterocycles. The van der Waals surface area contributed by atoms with E-state index >= 15 is 0 Å². The topological polar surface area (TPSA) is 64.8 Å². The van der Waals surface area contributed by atoms with Crippen LogP contribution in [0.1, 0.15) is 6.92 Å². The van der Waals surface area contributed by atoms with Crippen molar-refractivity contribution in [3.63, 3.8) is 0 Å². The van der Waals surface area contributed by atoms with Gasteiger partial charge in [0, 0.05) is 30.4 Å². The number of hydrogen-bond donors (Lipinski definition) is 0. The second-order valence-corrected chi connectivity index (χ2v) is 4.40. The number of ether oxygens (including phenoxy) is 2. The number of alkyl halides is 2. The smallest absolute Gasteiger partial charge is 0.387 e. The van der Waals surface area contributed by atoms with Crippen LogP contribution in [-0.4, -0.2) is 37.3 Å². The van der Waals surface area contributed by atoms with E-state index < -0.39 is 23.0 Å². The van der Waals surface area contributed by atoms with E-state index in [0.717, 1.165) is 0 Å². The minimum Gasteiger partial charge on any atom is -0.427 e. The first-order chi connectivity index (χ1) is 9.49. The van der Waals surface area contributed by atoms with Crippen LogP contribution in [0.3, 0.4) is 0 Å². The fourth-order valence-electron chi connectivity index (χ4n) is 2.13. The van der Waals surface area contributed by atoms with E-state index in [1.807, 2.05) is 11.8 Å². The number of halogens is 2. The highest BCUT2D eigenvalue weighted by Crippen LogP contribution is 2.33. The number of rotatable bonds is 4. The summed E-state index contributed by atoms with van der Waals surface area (Å²) in [6.07, 6.45) is 0. The van der Waals surface area contributed by atoms with Crippen molar-refractivity contribution in [2.45, 2.75) is 19.6 Å². The second kappa shape index (κ2) is 6.00. The fourth-order valence-corrected chi connectivity index (χ4v) is 2.13. The zero-order valence-electron chi connectivity index (χ0n) is 10.8. The molecule has 1 aromatic rings. The van der Waals surface area contributed by atoms with Crippen molar-refractivity contribution in [3.05, 3.63) is 28.3 Å².